The molecule has 2 N–H and O–H groups in total. The summed E-state index contributed by atoms with van der Waals surface area (Å²) in [7, 11) is -1.83. The molecular weight excluding hydrogens is 376 g/mol. The molecule has 0 saturated heterocycles. The summed E-state index contributed by atoms with van der Waals surface area (Å²) >= 11 is 0. The average molecular weight is 403 g/mol. The molecule has 2 aromatic rings. The van der Waals surface area contributed by atoms with E-state index in [0.717, 1.165) is 29.7 Å². The number of methoxy groups -OCH3 is 1. The molecular formula is C21H26N2O4S. The number of hydrogen-bond acceptors (Lipinski definition) is 4. The third kappa shape index (κ3) is 5.33. The van der Waals surface area contributed by atoms with Crippen LogP contribution >= 0.6 is 0 Å². The first kappa shape index (κ1) is 20.4. The van der Waals surface area contributed by atoms with Gasteiger partial charge in [-0.3, -0.25) is 4.79 Å². The summed E-state index contributed by atoms with van der Waals surface area (Å²) in [5.41, 5.74) is 1.85. The van der Waals surface area contributed by atoms with Crippen LogP contribution in [-0.2, 0) is 21.2 Å². The lowest BCUT2D eigenvalue weighted by atomic mass is 10.1. The molecule has 1 saturated carbocycles. The van der Waals surface area contributed by atoms with Gasteiger partial charge >= 0.3 is 0 Å². The summed E-state index contributed by atoms with van der Waals surface area (Å²) in [5.74, 6) is 0.678. The largest absolute Gasteiger partial charge is 0.496 e. The smallest absolute Gasteiger partial charge is 0.240 e. The van der Waals surface area contributed by atoms with Gasteiger partial charge in [0.2, 0.25) is 15.9 Å². The molecule has 1 aliphatic carbocycles. The number of rotatable bonds is 9. The van der Waals surface area contributed by atoms with Gasteiger partial charge in [0.05, 0.1) is 18.0 Å². The van der Waals surface area contributed by atoms with Crippen molar-refractivity contribution in [3.8, 4) is 5.75 Å². The monoisotopic (exact) mass is 402 g/mol. The second-order valence-electron chi connectivity index (χ2n) is 7.07. The van der Waals surface area contributed by atoms with Crippen LogP contribution in [0.1, 0.15) is 43.4 Å². The van der Waals surface area contributed by atoms with Crippen molar-refractivity contribution in [2.45, 2.75) is 49.6 Å². The van der Waals surface area contributed by atoms with E-state index in [2.05, 4.69) is 10.0 Å². The van der Waals surface area contributed by atoms with Crippen molar-refractivity contribution in [3.05, 3.63) is 59.7 Å². The first-order valence-corrected chi connectivity index (χ1v) is 10.9. The second-order valence-corrected chi connectivity index (χ2v) is 8.78. The second kappa shape index (κ2) is 8.75. The number of amides is 1. The Bertz CT molecular complexity index is 922. The molecule has 0 aliphatic heterocycles. The minimum atomic E-state index is -3.44. The maximum Gasteiger partial charge on any atom is 0.240 e. The third-order valence-electron chi connectivity index (χ3n) is 4.76. The number of para-hydroxylation sites is 1. The highest BCUT2D eigenvalue weighted by molar-refractivity contribution is 7.89. The predicted molar refractivity (Wildman–Crippen MR) is 108 cm³/mol. The van der Waals surface area contributed by atoms with Crippen LogP contribution < -0.4 is 14.8 Å². The van der Waals surface area contributed by atoms with E-state index in [9.17, 15) is 13.2 Å². The molecule has 0 radical (unpaired) electrons. The SMILES string of the molecule is COc1ccccc1[C@H](C)NC(=O)CCc1ccc(S(=O)(=O)NC2CC2)cc1. The lowest BCUT2D eigenvalue weighted by Crippen LogP contribution is -2.27. The van der Waals surface area contributed by atoms with Gasteiger partial charge in [-0.25, -0.2) is 13.1 Å². The fourth-order valence-electron chi connectivity index (χ4n) is 3.00. The van der Waals surface area contributed by atoms with Crippen molar-refractivity contribution < 1.29 is 17.9 Å². The lowest BCUT2D eigenvalue weighted by Gasteiger charge is -2.17. The van der Waals surface area contributed by atoms with Crippen LogP contribution in [-0.4, -0.2) is 27.5 Å². The molecule has 1 amide bonds. The summed E-state index contributed by atoms with van der Waals surface area (Å²) < 4.78 is 32.4. The Balaban J connectivity index is 1.53. The maximum atomic E-state index is 12.3. The Morgan fingerprint density at radius 2 is 1.82 bits per heavy atom. The highest BCUT2D eigenvalue weighted by atomic mass is 32.2. The molecule has 1 atom stereocenters. The third-order valence-corrected chi connectivity index (χ3v) is 6.29. The standard InChI is InChI=1S/C21H26N2O4S/c1-15(19-5-3-4-6-20(19)27-2)22-21(24)14-9-16-7-12-18(13-8-16)28(25,26)23-17-10-11-17/h3-8,12-13,15,17,23H,9-11,14H2,1-2H3,(H,22,24)/t15-/m0/s1. The number of nitrogens with one attached hydrogen (secondary N) is 2. The zero-order valence-electron chi connectivity index (χ0n) is 16.1. The molecule has 2 aromatic carbocycles. The van der Waals surface area contributed by atoms with Crippen molar-refractivity contribution in [1.29, 1.82) is 0 Å². The van der Waals surface area contributed by atoms with E-state index in [0.29, 0.717) is 12.8 Å². The lowest BCUT2D eigenvalue weighted by molar-refractivity contribution is -0.121. The van der Waals surface area contributed by atoms with Gasteiger partial charge in [-0.1, -0.05) is 30.3 Å². The fourth-order valence-corrected chi connectivity index (χ4v) is 4.30. The minimum Gasteiger partial charge on any atom is -0.496 e. The van der Waals surface area contributed by atoms with Crippen LogP contribution in [0.2, 0.25) is 0 Å². The van der Waals surface area contributed by atoms with E-state index in [-0.39, 0.29) is 22.9 Å². The predicted octanol–water partition coefficient (Wildman–Crippen LogP) is 2.95. The summed E-state index contributed by atoms with van der Waals surface area (Å²) in [6, 6.07) is 14.2. The zero-order chi connectivity index (χ0) is 20.1. The number of carbonyl (C=O) groups is 1. The molecule has 0 bridgehead atoms. The first-order chi connectivity index (χ1) is 13.4. The van der Waals surface area contributed by atoms with Gasteiger partial charge in [-0.05, 0) is 49.9 Å². The quantitative estimate of drug-likeness (QED) is 0.675. The highest BCUT2D eigenvalue weighted by Crippen LogP contribution is 2.24. The Hall–Kier alpha value is -2.38. The van der Waals surface area contributed by atoms with Crippen LogP contribution in [0, 0.1) is 0 Å². The molecule has 1 aliphatic rings. The van der Waals surface area contributed by atoms with Crippen molar-refractivity contribution in [2.75, 3.05) is 7.11 Å². The average Bonchev–Trinajstić information content (AvgIpc) is 3.50. The van der Waals surface area contributed by atoms with Gasteiger partial charge in [0.1, 0.15) is 5.75 Å². The van der Waals surface area contributed by atoms with Crippen LogP contribution in [0.15, 0.2) is 53.4 Å². The molecule has 7 heteroatoms. The molecule has 0 spiro atoms. The zero-order valence-corrected chi connectivity index (χ0v) is 17.0. The topological polar surface area (TPSA) is 84.5 Å². The molecule has 6 nitrogen and oxygen atoms in total. The van der Waals surface area contributed by atoms with Gasteiger partial charge in [0, 0.05) is 18.0 Å². The van der Waals surface area contributed by atoms with E-state index < -0.39 is 10.0 Å². The Morgan fingerprint density at radius 1 is 1.14 bits per heavy atom. The summed E-state index contributed by atoms with van der Waals surface area (Å²) in [6.07, 6.45) is 2.67. The van der Waals surface area contributed by atoms with Crippen molar-refractivity contribution in [2.24, 2.45) is 0 Å². The van der Waals surface area contributed by atoms with E-state index in [4.69, 9.17) is 4.74 Å². The molecule has 0 unspecified atom stereocenters. The van der Waals surface area contributed by atoms with E-state index in [1.54, 1.807) is 31.4 Å². The fraction of sp³-hybridized carbons (Fsp3) is 0.381. The Morgan fingerprint density at radius 3 is 2.46 bits per heavy atom. The normalized spacial score (nSPS) is 15.1. The number of hydrogen-bond donors (Lipinski definition) is 2. The van der Waals surface area contributed by atoms with E-state index >= 15 is 0 Å². The van der Waals surface area contributed by atoms with Crippen LogP contribution in [0.3, 0.4) is 0 Å². The van der Waals surface area contributed by atoms with Gasteiger partial charge < -0.3 is 10.1 Å². The molecule has 0 heterocycles. The van der Waals surface area contributed by atoms with Crippen LogP contribution in [0.5, 0.6) is 5.75 Å². The van der Waals surface area contributed by atoms with Gasteiger partial charge in [-0.15, -0.1) is 0 Å². The molecule has 3 rings (SSSR count). The summed E-state index contributed by atoms with van der Waals surface area (Å²) in [5, 5.41) is 2.98. The summed E-state index contributed by atoms with van der Waals surface area (Å²) in [4.78, 5) is 12.6. The van der Waals surface area contributed by atoms with E-state index in [1.165, 1.54) is 0 Å². The number of aryl methyl sites for hydroxylation is 1. The molecule has 150 valence electrons. The van der Waals surface area contributed by atoms with E-state index in [1.807, 2.05) is 31.2 Å². The number of ether oxygens (including phenoxy) is 1. The number of benzene rings is 2. The molecule has 0 aromatic heterocycles. The number of sulfonamides is 1. The van der Waals surface area contributed by atoms with Gasteiger partial charge in [-0.2, -0.15) is 0 Å². The van der Waals surface area contributed by atoms with Crippen LogP contribution in [0.4, 0.5) is 0 Å². The van der Waals surface area contributed by atoms with Crippen molar-refractivity contribution in [3.63, 3.8) is 0 Å². The Labute approximate surface area is 166 Å². The van der Waals surface area contributed by atoms with Gasteiger partial charge in [0.15, 0.2) is 0 Å². The molecule has 1 fully saturated rings. The Kier molecular flexibility index (Phi) is 6.36. The molecule has 28 heavy (non-hydrogen) atoms. The maximum absolute atomic E-state index is 12.3. The van der Waals surface area contributed by atoms with Crippen molar-refractivity contribution >= 4 is 15.9 Å². The minimum absolute atomic E-state index is 0.0643. The highest BCUT2D eigenvalue weighted by Gasteiger charge is 2.27. The first-order valence-electron chi connectivity index (χ1n) is 9.42. The van der Waals surface area contributed by atoms with Crippen LogP contribution in [0.25, 0.3) is 0 Å². The van der Waals surface area contributed by atoms with Gasteiger partial charge in [0.25, 0.3) is 0 Å². The van der Waals surface area contributed by atoms with Crippen molar-refractivity contribution in [1.82, 2.24) is 10.0 Å². The summed E-state index contributed by atoms with van der Waals surface area (Å²) in [6.45, 7) is 1.92. The number of carbonyl (C=O) groups excluding carboxylic acids is 1.